The second-order valence-electron chi connectivity index (χ2n) is 7.32. The monoisotopic (exact) mass is 352 g/mol. The highest BCUT2D eigenvalue weighted by atomic mass is 35.5. The van der Waals surface area contributed by atoms with E-state index in [1.54, 1.807) is 6.07 Å². The van der Waals surface area contributed by atoms with Crippen molar-refractivity contribution in [1.29, 1.82) is 0 Å². The summed E-state index contributed by atoms with van der Waals surface area (Å²) in [5, 5.41) is 14.6. The zero-order valence-corrected chi connectivity index (χ0v) is 14.7. The molecule has 0 unspecified atom stereocenters. The number of aliphatic carboxylic acids is 1. The topological polar surface area (TPSA) is 95.5 Å². The molecule has 0 saturated heterocycles. The van der Waals surface area contributed by atoms with Crippen molar-refractivity contribution >= 4 is 35.1 Å². The van der Waals surface area contributed by atoms with E-state index in [9.17, 15) is 14.4 Å². The Labute approximate surface area is 145 Å². The average Bonchev–Trinajstić information content (AvgIpc) is 3.19. The van der Waals surface area contributed by atoms with Gasteiger partial charge in [0.15, 0.2) is 0 Å². The second-order valence-corrected chi connectivity index (χ2v) is 7.73. The molecule has 0 aromatic heterocycles. The highest BCUT2D eigenvalue weighted by Crippen LogP contribution is 2.36. The Morgan fingerprint density at radius 2 is 1.88 bits per heavy atom. The van der Waals surface area contributed by atoms with E-state index in [1.165, 1.54) is 12.1 Å². The molecule has 6 nitrogen and oxygen atoms in total. The van der Waals surface area contributed by atoms with Crippen LogP contribution in [0.1, 0.15) is 50.4 Å². The summed E-state index contributed by atoms with van der Waals surface area (Å²) in [6.45, 7) is 5.86. The molecule has 1 saturated carbocycles. The third-order valence-electron chi connectivity index (χ3n) is 3.70. The third-order valence-corrected chi connectivity index (χ3v) is 4.03. The predicted molar refractivity (Wildman–Crippen MR) is 91.2 cm³/mol. The fourth-order valence-electron chi connectivity index (χ4n) is 2.27. The standard InChI is InChI=1S/C17H21ClN2O4/c1-16(2,3)9-13(21)19-10-4-5-12(18)11(8-10)14(22)20-17(6-7-17)15(23)24/h4-5,8H,6-7,9H2,1-3H3,(H,19,21)(H,20,22)(H,23,24). The normalized spacial score (nSPS) is 15.5. The molecule has 1 aromatic rings. The summed E-state index contributed by atoms with van der Waals surface area (Å²) in [7, 11) is 0. The lowest BCUT2D eigenvalue weighted by Crippen LogP contribution is -2.43. The van der Waals surface area contributed by atoms with Crippen LogP contribution in [-0.2, 0) is 9.59 Å². The smallest absolute Gasteiger partial charge is 0.329 e. The minimum absolute atomic E-state index is 0.137. The van der Waals surface area contributed by atoms with Crippen LogP contribution in [0.2, 0.25) is 5.02 Å². The van der Waals surface area contributed by atoms with Gasteiger partial charge in [0.05, 0.1) is 10.6 Å². The van der Waals surface area contributed by atoms with Gasteiger partial charge in [0.25, 0.3) is 5.91 Å². The maximum absolute atomic E-state index is 12.3. The van der Waals surface area contributed by atoms with Crippen molar-refractivity contribution in [1.82, 2.24) is 5.32 Å². The van der Waals surface area contributed by atoms with Crippen molar-refractivity contribution in [3.8, 4) is 0 Å². The molecule has 3 N–H and O–H groups in total. The zero-order chi connectivity index (χ0) is 18.1. The molecular weight excluding hydrogens is 332 g/mol. The van der Waals surface area contributed by atoms with E-state index in [4.69, 9.17) is 16.7 Å². The van der Waals surface area contributed by atoms with Crippen LogP contribution in [0.25, 0.3) is 0 Å². The molecular formula is C17H21ClN2O4. The predicted octanol–water partition coefficient (Wildman–Crippen LogP) is 3.06. The number of carbonyl (C=O) groups is 3. The number of carboxylic acid groups (broad SMARTS) is 1. The van der Waals surface area contributed by atoms with Gasteiger partial charge in [-0.1, -0.05) is 32.4 Å². The Bertz CT molecular complexity index is 690. The summed E-state index contributed by atoms with van der Waals surface area (Å²) in [6.07, 6.45) is 1.13. The molecule has 2 rings (SSSR count). The van der Waals surface area contributed by atoms with Crippen LogP contribution in [0.4, 0.5) is 5.69 Å². The quantitative estimate of drug-likeness (QED) is 0.758. The number of benzene rings is 1. The van der Waals surface area contributed by atoms with Gasteiger partial charge in [0.1, 0.15) is 5.54 Å². The van der Waals surface area contributed by atoms with Crippen molar-refractivity contribution in [3.05, 3.63) is 28.8 Å². The number of hydrogen-bond acceptors (Lipinski definition) is 3. The number of amides is 2. The Kier molecular flexibility index (Phi) is 4.90. The number of carbonyl (C=O) groups excluding carboxylic acids is 2. The molecule has 0 bridgehead atoms. The molecule has 0 radical (unpaired) electrons. The van der Waals surface area contributed by atoms with Crippen LogP contribution < -0.4 is 10.6 Å². The first-order chi connectivity index (χ1) is 11.0. The van der Waals surface area contributed by atoms with Crippen molar-refractivity contribution in [2.75, 3.05) is 5.32 Å². The molecule has 0 spiro atoms. The van der Waals surface area contributed by atoms with Crippen molar-refractivity contribution in [2.45, 2.75) is 45.6 Å². The van der Waals surface area contributed by atoms with Crippen molar-refractivity contribution in [2.24, 2.45) is 5.41 Å². The molecule has 2 amide bonds. The minimum Gasteiger partial charge on any atom is -0.480 e. The van der Waals surface area contributed by atoms with Gasteiger partial charge in [0.2, 0.25) is 5.91 Å². The largest absolute Gasteiger partial charge is 0.480 e. The Morgan fingerprint density at radius 1 is 1.25 bits per heavy atom. The maximum atomic E-state index is 12.3. The number of carboxylic acids is 1. The van der Waals surface area contributed by atoms with Gasteiger partial charge in [-0.15, -0.1) is 0 Å². The van der Waals surface area contributed by atoms with Crippen molar-refractivity contribution in [3.63, 3.8) is 0 Å². The fraction of sp³-hybridized carbons (Fsp3) is 0.471. The van der Waals surface area contributed by atoms with E-state index >= 15 is 0 Å². The summed E-state index contributed by atoms with van der Waals surface area (Å²) in [5.74, 6) is -1.78. The SMILES string of the molecule is CC(C)(C)CC(=O)Nc1ccc(Cl)c(C(=O)NC2(C(=O)O)CC2)c1. The molecule has 24 heavy (non-hydrogen) atoms. The molecule has 1 fully saturated rings. The summed E-state index contributed by atoms with van der Waals surface area (Å²) >= 11 is 6.04. The van der Waals surface area contributed by atoms with E-state index in [1.807, 2.05) is 20.8 Å². The van der Waals surface area contributed by atoms with Gasteiger partial charge >= 0.3 is 5.97 Å². The van der Waals surface area contributed by atoms with Gasteiger partial charge in [-0.25, -0.2) is 4.79 Å². The zero-order valence-electron chi connectivity index (χ0n) is 13.9. The number of nitrogens with one attached hydrogen (secondary N) is 2. The van der Waals surface area contributed by atoms with Crippen LogP contribution in [0.5, 0.6) is 0 Å². The molecule has 0 heterocycles. The number of hydrogen-bond donors (Lipinski definition) is 3. The molecule has 0 atom stereocenters. The molecule has 1 aliphatic rings. The lowest BCUT2D eigenvalue weighted by atomic mass is 9.92. The Balaban J connectivity index is 2.12. The number of anilines is 1. The summed E-state index contributed by atoms with van der Waals surface area (Å²) in [6, 6.07) is 4.56. The van der Waals surface area contributed by atoms with Crippen molar-refractivity contribution < 1.29 is 19.5 Å². The highest BCUT2D eigenvalue weighted by Gasteiger charge is 2.51. The van der Waals surface area contributed by atoms with Gasteiger partial charge in [-0.05, 0) is 36.5 Å². The number of halogens is 1. The van der Waals surface area contributed by atoms with E-state index < -0.39 is 17.4 Å². The third kappa shape index (κ3) is 4.47. The lowest BCUT2D eigenvalue weighted by Gasteiger charge is -2.18. The summed E-state index contributed by atoms with van der Waals surface area (Å²) < 4.78 is 0. The molecule has 0 aliphatic heterocycles. The first-order valence-corrected chi connectivity index (χ1v) is 8.06. The van der Waals surface area contributed by atoms with E-state index in [0.29, 0.717) is 24.9 Å². The summed E-state index contributed by atoms with van der Waals surface area (Å²) in [4.78, 5) is 35.5. The highest BCUT2D eigenvalue weighted by molar-refractivity contribution is 6.34. The molecule has 1 aliphatic carbocycles. The average molecular weight is 353 g/mol. The summed E-state index contributed by atoms with van der Waals surface area (Å²) in [5.41, 5.74) is -0.764. The first kappa shape index (κ1) is 18.3. The lowest BCUT2D eigenvalue weighted by molar-refractivity contribution is -0.140. The number of rotatable bonds is 5. The second kappa shape index (κ2) is 6.43. The van der Waals surface area contributed by atoms with E-state index in [-0.39, 0.29) is 21.9 Å². The van der Waals surface area contributed by atoms with Gasteiger partial charge in [-0.2, -0.15) is 0 Å². The molecule has 130 valence electrons. The first-order valence-electron chi connectivity index (χ1n) is 7.68. The van der Waals surface area contributed by atoms with Crippen LogP contribution in [0.3, 0.4) is 0 Å². The molecule has 1 aromatic carbocycles. The Hall–Kier alpha value is -2.08. The van der Waals surface area contributed by atoms with Gasteiger partial charge < -0.3 is 15.7 Å². The van der Waals surface area contributed by atoms with Crippen LogP contribution >= 0.6 is 11.6 Å². The van der Waals surface area contributed by atoms with E-state index in [2.05, 4.69) is 10.6 Å². The fourth-order valence-corrected chi connectivity index (χ4v) is 2.47. The minimum atomic E-state index is -1.19. The van der Waals surface area contributed by atoms with Crippen LogP contribution in [-0.4, -0.2) is 28.4 Å². The van der Waals surface area contributed by atoms with E-state index in [0.717, 1.165) is 0 Å². The van der Waals surface area contributed by atoms with Gasteiger partial charge in [0, 0.05) is 12.1 Å². The van der Waals surface area contributed by atoms with Crippen LogP contribution in [0.15, 0.2) is 18.2 Å². The van der Waals surface area contributed by atoms with Crippen LogP contribution in [0, 0.1) is 5.41 Å². The maximum Gasteiger partial charge on any atom is 0.329 e. The van der Waals surface area contributed by atoms with Gasteiger partial charge in [-0.3, -0.25) is 9.59 Å². The Morgan fingerprint density at radius 3 is 2.38 bits per heavy atom. The molecule has 7 heteroatoms.